The Hall–Kier alpha value is -2.22. The first-order valence-corrected chi connectivity index (χ1v) is 14.6. The van der Waals surface area contributed by atoms with Crippen LogP contribution < -0.4 is 0 Å². The normalized spacial score (nSPS) is 20.7. The van der Waals surface area contributed by atoms with E-state index >= 15 is 0 Å². The van der Waals surface area contributed by atoms with E-state index in [2.05, 4.69) is 25.7 Å². The number of hydrogen-bond donors (Lipinski definition) is 0. The first-order chi connectivity index (χ1) is 18.6. The van der Waals surface area contributed by atoms with Crippen LogP contribution in [0.2, 0.25) is 10.0 Å². The Morgan fingerprint density at radius 3 is 2.25 bits per heavy atom. The fraction of sp³-hybridized carbons (Fsp3) is 0.516. The number of hydrogen-bond acceptors (Lipinski definition) is 2. The summed E-state index contributed by atoms with van der Waals surface area (Å²) in [6.45, 7) is 11.6. The van der Waals surface area contributed by atoms with E-state index in [9.17, 15) is 18.0 Å². The van der Waals surface area contributed by atoms with E-state index in [1.165, 1.54) is 25.0 Å². The van der Waals surface area contributed by atoms with Crippen molar-refractivity contribution in [2.75, 3.05) is 26.2 Å². The van der Waals surface area contributed by atoms with Gasteiger partial charge in [-0.15, -0.1) is 0 Å². The van der Waals surface area contributed by atoms with E-state index in [-0.39, 0.29) is 12.3 Å². The van der Waals surface area contributed by atoms with Crippen LogP contribution in [0.1, 0.15) is 66.4 Å². The fourth-order valence-corrected chi connectivity index (χ4v) is 6.74. The summed E-state index contributed by atoms with van der Waals surface area (Å²) >= 11 is 13.4. The summed E-state index contributed by atoms with van der Waals surface area (Å²) in [5.74, 6) is 0.632. The summed E-state index contributed by atoms with van der Waals surface area (Å²) in [5.41, 5.74) is 2.45. The second-order valence-corrected chi connectivity index (χ2v) is 13.3. The predicted molar refractivity (Wildman–Crippen MR) is 155 cm³/mol. The minimum atomic E-state index is -4.43. The van der Waals surface area contributed by atoms with E-state index < -0.39 is 11.7 Å². The fourth-order valence-electron chi connectivity index (χ4n) is 6.16. The summed E-state index contributed by atoms with van der Waals surface area (Å²) in [4.78, 5) is 17.9. The number of benzene rings is 2. The molecule has 1 amide bonds. The molecule has 40 heavy (non-hydrogen) atoms. The molecule has 4 nitrogen and oxygen atoms in total. The van der Waals surface area contributed by atoms with Crippen LogP contribution in [0.15, 0.2) is 30.3 Å². The second kappa shape index (κ2) is 10.6. The molecule has 1 saturated carbocycles. The zero-order valence-corrected chi connectivity index (χ0v) is 25.1. The Balaban J connectivity index is 1.33. The smallest absolute Gasteiger partial charge is 0.347 e. The van der Waals surface area contributed by atoms with Crippen molar-refractivity contribution in [2.45, 2.75) is 59.2 Å². The van der Waals surface area contributed by atoms with Crippen LogP contribution in [0.25, 0.3) is 10.9 Å². The molecule has 5 rings (SSSR count). The lowest BCUT2D eigenvalue weighted by Gasteiger charge is -2.50. The number of aromatic nitrogens is 1. The summed E-state index contributed by atoms with van der Waals surface area (Å²) in [5, 5.41) is 1.45. The highest BCUT2D eigenvalue weighted by Crippen LogP contribution is 2.44. The SMILES string of the molecule is Cc1cc(C(F)(F)F)cc2c1cc(Cc1c(Cl)ccc(C(=O)N3CCN(C4CC(C(C)(C)C)C4)CC3)c1Cl)n2C. The molecule has 1 aliphatic heterocycles. The van der Waals surface area contributed by atoms with Crippen LogP contribution in [0.3, 0.4) is 0 Å². The number of nitrogens with zero attached hydrogens (tertiary/aromatic N) is 3. The van der Waals surface area contributed by atoms with Crippen LogP contribution in [-0.2, 0) is 19.6 Å². The van der Waals surface area contributed by atoms with E-state index in [1.54, 1.807) is 30.7 Å². The quantitative estimate of drug-likeness (QED) is 0.307. The Morgan fingerprint density at radius 2 is 1.65 bits per heavy atom. The van der Waals surface area contributed by atoms with Gasteiger partial charge in [-0.1, -0.05) is 44.0 Å². The van der Waals surface area contributed by atoms with Gasteiger partial charge in [-0.25, -0.2) is 0 Å². The second-order valence-electron chi connectivity index (χ2n) is 12.5. The van der Waals surface area contributed by atoms with Gasteiger partial charge < -0.3 is 9.47 Å². The first-order valence-electron chi connectivity index (χ1n) is 13.8. The van der Waals surface area contributed by atoms with Gasteiger partial charge in [-0.3, -0.25) is 9.69 Å². The van der Waals surface area contributed by atoms with Crippen molar-refractivity contribution >= 4 is 40.0 Å². The van der Waals surface area contributed by atoms with Crippen LogP contribution in [0.4, 0.5) is 13.2 Å². The highest BCUT2D eigenvalue weighted by atomic mass is 35.5. The third-order valence-corrected chi connectivity index (χ3v) is 9.81. The number of fused-ring (bicyclic) bond motifs is 1. The van der Waals surface area contributed by atoms with Gasteiger partial charge in [0, 0.05) is 67.3 Å². The average Bonchev–Trinajstić information content (AvgIpc) is 3.15. The standard InChI is InChI=1S/C31H36Cl2F3N3O/c1-18-12-20(31(34,35)36)15-27-24(18)16-21(37(27)5)17-25-26(32)7-6-23(28(25)33)29(40)39-10-8-38(9-11-39)22-13-19(14-22)30(2,3)4/h6-7,12,15-16,19,22H,8-11,13-14,17H2,1-5H3. The summed E-state index contributed by atoms with van der Waals surface area (Å²) in [6.07, 6.45) is -1.71. The van der Waals surface area contributed by atoms with Crippen LogP contribution in [0.5, 0.6) is 0 Å². The number of alkyl halides is 3. The molecule has 0 N–H and O–H groups in total. The molecule has 1 saturated heterocycles. The van der Waals surface area contributed by atoms with Crippen LogP contribution in [-0.4, -0.2) is 52.5 Å². The molecule has 2 heterocycles. The lowest BCUT2D eigenvalue weighted by molar-refractivity contribution is -0.137. The largest absolute Gasteiger partial charge is 0.416 e. The minimum absolute atomic E-state index is 0.119. The molecule has 0 unspecified atom stereocenters. The van der Waals surface area contributed by atoms with Gasteiger partial charge in [0.25, 0.3) is 5.91 Å². The van der Waals surface area contributed by atoms with E-state index in [0.29, 0.717) is 56.8 Å². The highest BCUT2D eigenvalue weighted by Gasteiger charge is 2.41. The number of carbonyl (C=O) groups excluding carboxylic acids is 1. The number of halogens is 5. The zero-order chi connectivity index (χ0) is 29.1. The van der Waals surface area contributed by atoms with Gasteiger partial charge in [0.2, 0.25) is 0 Å². The molecule has 0 radical (unpaired) electrons. The maximum Gasteiger partial charge on any atom is 0.416 e. The Labute approximate surface area is 244 Å². The van der Waals surface area contributed by atoms with Gasteiger partial charge >= 0.3 is 6.18 Å². The molecular weight excluding hydrogens is 558 g/mol. The van der Waals surface area contributed by atoms with Crippen molar-refractivity contribution in [1.29, 1.82) is 0 Å². The average molecular weight is 595 g/mol. The van der Waals surface area contributed by atoms with E-state index in [4.69, 9.17) is 23.2 Å². The molecule has 0 spiro atoms. The summed E-state index contributed by atoms with van der Waals surface area (Å²) in [7, 11) is 1.74. The lowest BCUT2D eigenvalue weighted by Crippen LogP contribution is -2.56. The molecule has 216 valence electrons. The zero-order valence-electron chi connectivity index (χ0n) is 23.6. The maximum absolute atomic E-state index is 13.5. The summed E-state index contributed by atoms with van der Waals surface area (Å²) < 4.78 is 42.0. The van der Waals surface area contributed by atoms with Crippen LogP contribution in [0, 0.1) is 18.3 Å². The molecule has 2 aromatic carbocycles. The highest BCUT2D eigenvalue weighted by molar-refractivity contribution is 6.38. The van der Waals surface area contributed by atoms with Gasteiger partial charge in [0.1, 0.15) is 0 Å². The molecule has 0 atom stereocenters. The summed E-state index contributed by atoms with van der Waals surface area (Å²) in [6, 6.07) is 8.16. The monoisotopic (exact) mass is 593 g/mol. The molecule has 1 aliphatic carbocycles. The number of piperazine rings is 1. The van der Waals surface area contributed by atoms with Gasteiger partial charge in [-0.05, 0) is 72.6 Å². The Kier molecular flexibility index (Phi) is 7.73. The lowest BCUT2D eigenvalue weighted by atomic mass is 9.65. The third-order valence-electron chi connectivity index (χ3n) is 9.03. The molecule has 1 aromatic heterocycles. The predicted octanol–water partition coefficient (Wildman–Crippen LogP) is 7.99. The van der Waals surface area contributed by atoms with E-state index in [1.807, 2.05) is 11.0 Å². The molecule has 2 aliphatic rings. The number of aryl methyl sites for hydroxylation is 2. The van der Waals surface area contributed by atoms with Crippen LogP contribution >= 0.6 is 23.2 Å². The Morgan fingerprint density at radius 1 is 1.00 bits per heavy atom. The van der Waals surface area contributed by atoms with Crippen molar-refractivity contribution in [1.82, 2.24) is 14.4 Å². The molecular formula is C31H36Cl2F3N3O. The van der Waals surface area contributed by atoms with Gasteiger partial charge in [0.15, 0.2) is 0 Å². The number of amides is 1. The minimum Gasteiger partial charge on any atom is -0.347 e. The van der Waals surface area contributed by atoms with Crippen molar-refractivity contribution in [3.8, 4) is 0 Å². The Bertz CT molecular complexity index is 1440. The third kappa shape index (κ3) is 5.49. The molecule has 3 aromatic rings. The molecule has 0 bridgehead atoms. The van der Waals surface area contributed by atoms with Gasteiger partial charge in [0.05, 0.1) is 16.1 Å². The molecule has 9 heteroatoms. The first kappa shape index (κ1) is 29.3. The van der Waals surface area contributed by atoms with Crippen molar-refractivity contribution in [3.63, 3.8) is 0 Å². The van der Waals surface area contributed by atoms with Crippen molar-refractivity contribution in [3.05, 3.63) is 68.3 Å². The molecule has 2 fully saturated rings. The van der Waals surface area contributed by atoms with E-state index in [0.717, 1.165) is 30.1 Å². The maximum atomic E-state index is 13.5. The van der Waals surface area contributed by atoms with Crippen molar-refractivity contribution in [2.24, 2.45) is 18.4 Å². The van der Waals surface area contributed by atoms with Crippen molar-refractivity contribution < 1.29 is 18.0 Å². The topological polar surface area (TPSA) is 28.5 Å². The van der Waals surface area contributed by atoms with Gasteiger partial charge in [-0.2, -0.15) is 13.2 Å². The number of carbonyl (C=O) groups is 1. The number of rotatable bonds is 4.